The van der Waals surface area contributed by atoms with Gasteiger partial charge in [0.05, 0.1) is 16.5 Å². The Morgan fingerprint density at radius 3 is 2.48 bits per heavy atom. The molecular weight excluding hydrogens is 360 g/mol. The van der Waals surface area contributed by atoms with Crippen molar-refractivity contribution in [1.29, 1.82) is 5.26 Å². The molecule has 0 heterocycles. The van der Waals surface area contributed by atoms with Gasteiger partial charge < -0.3 is 5.32 Å². The summed E-state index contributed by atoms with van der Waals surface area (Å²) in [6.07, 6.45) is 1.98. The molecule has 1 saturated carbocycles. The molecule has 0 aliphatic heterocycles. The first kappa shape index (κ1) is 19.1. The largest absolute Gasteiger partial charge is 0.325 e. The number of benzene rings is 2. The maximum atomic E-state index is 13.6. The minimum atomic E-state index is -3.87. The van der Waals surface area contributed by atoms with E-state index in [1.165, 1.54) is 0 Å². The molecule has 0 unspecified atom stereocenters. The van der Waals surface area contributed by atoms with Crippen molar-refractivity contribution in [2.45, 2.75) is 49.2 Å². The minimum absolute atomic E-state index is 0.227. The molecule has 6 heteroatoms. The van der Waals surface area contributed by atoms with Gasteiger partial charge in [-0.05, 0) is 62.1 Å². The molecule has 1 aliphatic rings. The zero-order valence-electron chi connectivity index (χ0n) is 15.5. The minimum Gasteiger partial charge on any atom is -0.325 e. The third kappa shape index (κ3) is 3.35. The standard InChI is InChI=1S/C21H22N2O3S/c1-15-8-9-16(2)19(12-15)27(25,26)21(10-3-4-11-21)20(24)23-18-7-5-6-17(13-18)14-22/h5-9,12-13H,3-4,10-11H2,1-2H3,(H,23,24). The van der Waals surface area contributed by atoms with Crippen LogP contribution in [0.3, 0.4) is 0 Å². The number of carbonyl (C=O) groups is 1. The number of hydrogen-bond acceptors (Lipinski definition) is 4. The predicted molar refractivity (Wildman–Crippen MR) is 104 cm³/mol. The highest BCUT2D eigenvalue weighted by Crippen LogP contribution is 2.42. The summed E-state index contributed by atoms with van der Waals surface area (Å²) in [6.45, 7) is 3.59. The second-order valence-electron chi connectivity index (χ2n) is 7.12. The molecule has 27 heavy (non-hydrogen) atoms. The van der Waals surface area contributed by atoms with E-state index in [0.717, 1.165) is 5.56 Å². The number of aryl methyl sites for hydroxylation is 2. The van der Waals surface area contributed by atoms with Gasteiger partial charge in [0.25, 0.3) is 0 Å². The Kier molecular flexibility index (Phi) is 5.07. The quantitative estimate of drug-likeness (QED) is 0.869. The number of nitrogens with one attached hydrogen (secondary N) is 1. The van der Waals surface area contributed by atoms with Crippen molar-refractivity contribution in [3.05, 3.63) is 59.2 Å². The van der Waals surface area contributed by atoms with E-state index in [2.05, 4.69) is 5.32 Å². The number of hydrogen-bond donors (Lipinski definition) is 1. The van der Waals surface area contributed by atoms with Crippen LogP contribution in [0.15, 0.2) is 47.4 Å². The van der Waals surface area contributed by atoms with Crippen LogP contribution in [0.2, 0.25) is 0 Å². The number of amides is 1. The van der Waals surface area contributed by atoms with Gasteiger partial charge >= 0.3 is 0 Å². The number of rotatable bonds is 4. The van der Waals surface area contributed by atoms with E-state index in [1.54, 1.807) is 43.3 Å². The van der Waals surface area contributed by atoms with Gasteiger partial charge in [0.15, 0.2) is 14.6 Å². The first-order chi connectivity index (χ1) is 12.8. The van der Waals surface area contributed by atoms with E-state index in [9.17, 15) is 13.2 Å². The average Bonchev–Trinajstić information content (AvgIpc) is 3.15. The van der Waals surface area contributed by atoms with Crippen molar-refractivity contribution in [3.63, 3.8) is 0 Å². The molecular formula is C21H22N2O3S. The fourth-order valence-corrected chi connectivity index (χ4v) is 6.06. The maximum absolute atomic E-state index is 13.6. The Labute approximate surface area is 159 Å². The number of carbonyl (C=O) groups excluding carboxylic acids is 1. The number of sulfone groups is 1. The van der Waals surface area contributed by atoms with Crippen molar-refractivity contribution < 1.29 is 13.2 Å². The second-order valence-corrected chi connectivity index (χ2v) is 9.35. The summed E-state index contributed by atoms with van der Waals surface area (Å²) in [5, 5.41) is 11.8. The van der Waals surface area contributed by atoms with Gasteiger partial charge in [-0.3, -0.25) is 4.79 Å². The molecule has 2 aromatic rings. The number of anilines is 1. The van der Waals surface area contributed by atoms with E-state index in [1.807, 2.05) is 19.1 Å². The summed E-state index contributed by atoms with van der Waals surface area (Å²) in [6, 6.07) is 13.8. The van der Waals surface area contributed by atoms with E-state index < -0.39 is 20.5 Å². The van der Waals surface area contributed by atoms with E-state index in [-0.39, 0.29) is 4.90 Å². The Morgan fingerprint density at radius 1 is 1.11 bits per heavy atom. The van der Waals surface area contributed by atoms with E-state index in [4.69, 9.17) is 5.26 Å². The third-order valence-electron chi connectivity index (χ3n) is 5.22. The summed E-state index contributed by atoms with van der Waals surface area (Å²) in [4.78, 5) is 13.4. The van der Waals surface area contributed by atoms with Crippen LogP contribution in [0, 0.1) is 25.2 Å². The van der Waals surface area contributed by atoms with E-state index in [0.29, 0.717) is 42.5 Å². The molecule has 1 fully saturated rings. The first-order valence-electron chi connectivity index (χ1n) is 8.94. The van der Waals surface area contributed by atoms with Gasteiger partial charge in [0.2, 0.25) is 5.91 Å². The molecule has 1 aliphatic carbocycles. The topological polar surface area (TPSA) is 87.0 Å². The zero-order chi connectivity index (χ0) is 19.7. The zero-order valence-corrected chi connectivity index (χ0v) is 16.3. The Hall–Kier alpha value is -2.65. The molecule has 0 saturated heterocycles. The smallest absolute Gasteiger partial charge is 0.246 e. The monoisotopic (exact) mass is 382 g/mol. The van der Waals surface area contributed by atoms with Gasteiger partial charge in [0, 0.05) is 5.69 Å². The van der Waals surface area contributed by atoms with Crippen molar-refractivity contribution in [1.82, 2.24) is 0 Å². The first-order valence-corrected chi connectivity index (χ1v) is 10.4. The fourth-order valence-electron chi connectivity index (χ4n) is 3.68. The fraction of sp³-hybridized carbons (Fsp3) is 0.333. The maximum Gasteiger partial charge on any atom is 0.246 e. The van der Waals surface area contributed by atoms with Gasteiger partial charge in [-0.1, -0.05) is 31.0 Å². The lowest BCUT2D eigenvalue weighted by Crippen LogP contribution is -2.47. The lowest BCUT2D eigenvalue weighted by molar-refractivity contribution is -0.118. The third-order valence-corrected chi connectivity index (χ3v) is 7.86. The van der Waals surface area contributed by atoms with Crippen LogP contribution in [-0.4, -0.2) is 19.1 Å². The molecule has 3 rings (SSSR count). The molecule has 0 radical (unpaired) electrons. The molecule has 1 N–H and O–H groups in total. The highest BCUT2D eigenvalue weighted by atomic mass is 32.2. The average molecular weight is 382 g/mol. The Balaban J connectivity index is 2.04. The molecule has 5 nitrogen and oxygen atoms in total. The predicted octanol–water partition coefficient (Wildman–Crippen LogP) is 3.90. The van der Waals surface area contributed by atoms with Gasteiger partial charge in [-0.15, -0.1) is 0 Å². The van der Waals surface area contributed by atoms with Crippen LogP contribution < -0.4 is 5.32 Å². The normalized spacial score (nSPS) is 15.9. The molecule has 2 aromatic carbocycles. The second kappa shape index (κ2) is 7.16. The van der Waals surface area contributed by atoms with Gasteiger partial charge in [0.1, 0.15) is 0 Å². The van der Waals surface area contributed by atoms with Crippen LogP contribution >= 0.6 is 0 Å². The highest BCUT2D eigenvalue weighted by molar-refractivity contribution is 7.93. The molecule has 0 atom stereocenters. The molecule has 0 spiro atoms. The van der Waals surface area contributed by atoms with Crippen LogP contribution in [0.5, 0.6) is 0 Å². The summed E-state index contributed by atoms with van der Waals surface area (Å²) >= 11 is 0. The molecule has 140 valence electrons. The van der Waals surface area contributed by atoms with Crippen LogP contribution in [0.25, 0.3) is 0 Å². The van der Waals surface area contributed by atoms with Crippen LogP contribution in [0.4, 0.5) is 5.69 Å². The summed E-state index contributed by atoms with van der Waals surface area (Å²) in [5.41, 5.74) is 2.33. The van der Waals surface area contributed by atoms with E-state index >= 15 is 0 Å². The van der Waals surface area contributed by atoms with Crippen molar-refractivity contribution in [3.8, 4) is 6.07 Å². The lowest BCUT2D eigenvalue weighted by atomic mass is 10.1. The summed E-state index contributed by atoms with van der Waals surface area (Å²) < 4.78 is 25.7. The van der Waals surface area contributed by atoms with Crippen molar-refractivity contribution >= 4 is 21.4 Å². The Bertz CT molecular complexity index is 1030. The molecule has 0 aromatic heterocycles. The number of nitrogens with zero attached hydrogens (tertiary/aromatic N) is 1. The Morgan fingerprint density at radius 2 is 1.81 bits per heavy atom. The molecule has 1 amide bonds. The lowest BCUT2D eigenvalue weighted by Gasteiger charge is -2.28. The van der Waals surface area contributed by atoms with Crippen molar-refractivity contribution in [2.24, 2.45) is 0 Å². The van der Waals surface area contributed by atoms with Crippen LogP contribution in [-0.2, 0) is 14.6 Å². The summed E-state index contributed by atoms with van der Waals surface area (Å²) in [7, 11) is -3.87. The van der Waals surface area contributed by atoms with Crippen LogP contribution in [0.1, 0.15) is 42.4 Å². The number of nitriles is 1. The van der Waals surface area contributed by atoms with Gasteiger partial charge in [-0.25, -0.2) is 8.42 Å². The van der Waals surface area contributed by atoms with Gasteiger partial charge in [-0.2, -0.15) is 5.26 Å². The summed E-state index contributed by atoms with van der Waals surface area (Å²) in [5.74, 6) is -0.518. The van der Waals surface area contributed by atoms with Crippen molar-refractivity contribution in [2.75, 3.05) is 5.32 Å². The SMILES string of the molecule is Cc1ccc(C)c(S(=O)(=O)C2(C(=O)Nc3cccc(C#N)c3)CCCC2)c1. The highest BCUT2D eigenvalue weighted by Gasteiger charge is 2.53. The molecule has 0 bridgehead atoms.